The number of aromatic amines is 1. The third kappa shape index (κ3) is 3.62. The summed E-state index contributed by atoms with van der Waals surface area (Å²) in [5.41, 5.74) is -2.14. The van der Waals surface area contributed by atoms with Crippen LogP contribution in [0.1, 0.15) is 18.5 Å². The summed E-state index contributed by atoms with van der Waals surface area (Å²) in [6.45, 7) is 1.31. The van der Waals surface area contributed by atoms with E-state index < -0.39 is 34.9 Å². The number of amides is 1. The first-order valence-corrected chi connectivity index (χ1v) is 7.90. The Morgan fingerprint density at radius 1 is 1.11 bits per heavy atom. The molecular formula is C18H14F3N3O3. The molecular weight excluding hydrogens is 363 g/mol. The Bertz CT molecular complexity index is 1130. The van der Waals surface area contributed by atoms with Crippen LogP contribution in [0.25, 0.3) is 10.9 Å². The third-order valence-electron chi connectivity index (χ3n) is 4.06. The molecule has 3 aromatic rings. The van der Waals surface area contributed by atoms with Crippen LogP contribution in [0.4, 0.5) is 18.9 Å². The maximum atomic E-state index is 12.8. The van der Waals surface area contributed by atoms with Gasteiger partial charge in [-0.2, -0.15) is 13.2 Å². The standard InChI is InChI=1S/C18H14F3N3O3/c1-10(15(25)22-12-6-4-5-11(9-12)18(19,20)21)24-16(26)13-7-2-3-8-14(13)23-17(24)27/h2-10H,1H3,(H,22,25)(H,23,27). The van der Waals surface area contributed by atoms with Gasteiger partial charge < -0.3 is 10.3 Å². The zero-order valence-electron chi connectivity index (χ0n) is 14.0. The van der Waals surface area contributed by atoms with Crippen LogP contribution < -0.4 is 16.6 Å². The number of carbonyl (C=O) groups is 1. The van der Waals surface area contributed by atoms with Crippen LogP contribution in [0.15, 0.2) is 58.1 Å². The van der Waals surface area contributed by atoms with Crippen LogP contribution in [0.5, 0.6) is 0 Å². The highest BCUT2D eigenvalue weighted by molar-refractivity contribution is 5.93. The number of anilines is 1. The Kier molecular flexibility index (Phi) is 4.61. The summed E-state index contributed by atoms with van der Waals surface area (Å²) >= 11 is 0. The zero-order valence-corrected chi connectivity index (χ0v) is 14.0. The van der Waals surface area contributed by atoms with Gasteiger partial charge in [-0.1, -0.05) is 18.2 Å². The fraction of sp³-hybridized carbons (Fsp3) is 0.167. The number of nitrogens with one attached hydrogen (secondary N) is 2. The second-order valence-corrected chi connectivity index (χ2v) is 5.89. The minimum atomic E-state index is -4.56. The SMILES string of the molecule is CC(C(=O)Nc1cccc(C(F)(F)F)c1)n1c(=O)[nH]c2ccccc2c1=O. The predicted molar refractivity (Wildman–Crippen MR) is 93.6 cm³/mol. The quantitative estimate of drug-likeness (QED) is 0.736. The molecule has 1 atom stereocenters. The number of halogens is 3. The van der Waals surface area contributed by atoms with Gasteiger partial charge in [0, 0.05) is 5.69 Å². The molecule has 3 rings (SSSR count). The number of aromatic nitrogens is 2. The van der Waals surface area contributed by atoms with Crippen molar-refractivity contribution in [1.29, 1.82) is 0 Å². The van der Waals surface area contributed by atoms with Crippen molar-refractivity contribution in [2.45, 2.75) is 19.1 Å². The lowest BCUT2D eigenvalue weighted by Gasteiger charge is -2.15. The van der Waals surface area contributed by atoms with Crippen LogP contribution in [-0.4, -0.2) is 15.5 Å². The highest BCUT2D eigenvalue weighted by Crippen LogP contribution is 2.30. The van der Waals surface area contributed by atoms with Gasteiger partial charge in [-0.05, 0) is 37.3 Å². The molecule has 0 fully saturated rings. The lowest BCUT2D eigenvalue weighted by atomic mass is 10.2. The fourth-order valence-electron chi connectivity index (χ4n) is 2.67. The van der Waals surface area contributed by atoms with Gasteiger partial charge in [0.2, 0.25) is 5.91 Å². The molecule has 0 aliphatic rings. The van der Waals surface area contributed by atoms with Crippen molar-refractivity contribution < 1.29 is 18.0 Å². The van der Waals surface area contributed by atoms with Crippen molar-refractivity contribution in [3.63, 3.8) is 0 Å². The molecule has 6 nitrogen and oxygen atoms in total. The van der Waals surface area contributed by atoms with Gasteiger partial charge >= 0.3 is 11.9 Å². The first kappa shape index (κ1) is 18.4. The number of para-hydroxylation sites is 1. The molecule has 1 aromatic heterocycles. The molecule has 1 unspecified atom stereocenters. The minimum Gasteiger partial charge on any atom is -0.324 e. The summed E-state index contributed by atoms with van der Waals surface area (Å²) in [6.07, 6.45) is -4.56. The fourth-order valence-corrected chi connectivity index (χ4v) is 2.67. The maximum absolute atomic E-state index is 12.8. The third-order valence-corrected chi connectivity index (χ3v) is 4.06. The highest BCUT2D eigenvalue weighted by Gasteiger charge is 2.30. The molecule has 1 heterocycles. The molecule has 9 heteroatoms. The van der Waals surface area contributed by atoms with Crippen LogP contribution in [0, 0.1) is 0 Å². The van der Waals surface area contributed by atoms with Crippen molar-refractivity contribution in [2.75, 3.05) is 5.32 Å². The van der Waals surface area contributed by atoms with E-state index in [-0.39, 0.29) is 11.1 Å². The molecule has 0 radical (unpaired) electrons. The van der Waals surface area contributed by atoms with Crippen molar-refractivity contribution in [1.82, 2.24) is 9.55 Å². The van der Waals surface area contributed by atoms with Gasteiger partial charge in [-0.15, -0.1) is 0 Å². The Morgan fingerprint density at radius 3 is 2.52 bits per heavy atom. The number of alkyl halides is 3. The van der Waals surface area contributed by atoms with E-state index in [4.69, 9.17) is 0 Å². The van der Waals surface area contributed by atoms with Crippen molar-refractivity contribution in [3.8, 4) is 0 Å². The monoisotopic (exact) mass is 377 g/mol. The highest BCUT2D eigenvalue weighted by atomic mass is 19.4. The lowest BCUT2D eigenvalue weighted by molar-refractivity contribution is -0.137. The normalized spacial score (nSPS) is 12.7. The number of hydrogen-bond donors (Lipinski definition) is 2. The molecule has 27 heavy (non-hydrogen) atoms. The van der Waals surface area contributed by atoms with E-state index in [1.807, 2.05) is 0 Å². The number of nitrogens with zero attached hydrogens (tertiary/aromatic N) is 1. The number of fused-ring (bicyclic) bond motifs is 1. The van der Waals surface area contributed by atoms with Gasteiger partial charge in [-0.3, -0.25) is 9.59 Å². The van der Waals surface area contributed by atoms with Gasteiger partial charge in [0.25, 0.3) is 5.56 Å². The number of benzene rings is 2. The van der Waals surface area contributed by atoms with E-state index in [1.165, 1.54) is 19.1 Å². The van der Waals surface area contributed by atoms with E-state index in [0.29, 0.717) is 5.52 Å². The van der Waals surface area contributed by atoms with Crippen molar-refractivity contribution in [2.24, 2.45) is 0 Å². The summed E-state index contributed by atoms with van der Waals surface area (Å²) < 4.78 is 39.1. The molecule has 0 bridgehead atoms. The van der Waals surface area contributed by atoms with Crippen LogP contribution >= 0.6 is 0 Å². The van der Waals surface area contributed by atoms with Gasteiger partial charge in [0.15, 0.2) is 0 Å². The van der Waals surface area contributed by atoms with Gasteiger partial charge in [0.1, 0.15) is 6.04 Å². The first-order valence-electron chi connectivity index (χ1n) is 7.90. The first-order chi connectivity index (χ1) is 12.7. The summed E-state index contributed by atoms with van der Waals surface area (Å²) in [5.74, 6) is -0.794. The lowest BCUT2D eigenvalue weighted by Crippen LogP contribution is -2.41. The number of H-pyrrole nitrogens is 1. The largest absolute Gasteiger partial charge is 0.416 e. The smallest absolute Gasteiger partial charge is 0.324 e. The van der Waals surface area contributed by atoms with Gasteiger partial charge in [0.05, 0.1) is 16.5 Å². The predicted octanol–water partition coefficient (Wildman–Crippen LogP) is 2.91. The molecule has 140 valence electrons. The average Bonchev–Trinajstić information content (AvgIpc) is 2.61. The van der Waals surface area contributed by atoms with E-state index in [2.05, 4.69) is 10.3 Å². The molecule has 2 aromatic carbocycles. The molecule has 0 aliphatic heterocycles. The topological polar surface area (TPSA) is 84.0 Å². The number of hydrogen-bond acceptors (Lipinski definition) is 3. The average molecular weight is 377 g/mol. The van der Waals surface area contributed by atoms with Crippen molar-refractivity contribution >= 4 is 22.5 Å². The molecule has 1 amide bonds. The van der Waals surface area contributed by atoms with E-state index in [0.717, 1.165) is 22.8 Å². The number of rotatable bonds is 3. The Labute approximate surface area is 150 Å². The van der Waals surface area contributed by atoms with E-state index >= 15 is 0 Å². The zero-order chi connectivity index (χ0) is 19.8. The Morgan fingerprint density at radius 2 is 1.81 bits per heavy atom. The second kappa shape index (κ2) is 6.75. The summed E-state index contributed by atoms with van der Waals surface area (Å²) in [7, 11) is 0. The number of carbonyl (C=O) groups excluding carboxylic acids is 1. The summed E-state index contributed by atoms with van der Waals surface area (Å²) in [4.78, 5) is 39.7. The Hall–Kier alpha value is -3.36. The second-order valence-electron chi connectivity index (χ2n) is 5.89. The minimum absolute atomic E-state index is 0.0908. The molecule has 0 saturated carbocycles. The van der Waals surface area contributed by atoms with Gasteiger partial charge in [-0.25, -0.2) is 9.36 Å². The maximum Gasteiger partial charge on any atom is 0.416 e. The van der Waals surface area contributed by atoms with Crippen LogP contribution in [0.2, 0.25) is 0 Å². The molecule has 0 saturated heterocycles. The Balaban J connectivity index is 1.94. The summed E-state index contributed by atoms with van der Waals surface area (Å²) in [6, 6.07) is 9.16. The molecule has 0 aliphatic carbocycles. The van der Waals surface area contributed by atoms with Crippen molar-refractivity contribution in [3.05, 3.63) is 74.9 Å². The van der Waals surface area contributed by atoms with Crippen LogP contribution in [0.3, 0.4) is 0 Å². The molecule has 2 N–H and O–H groups in total. The van der Waals surface area contributed by atoms with E-state index in [9.17, 15) is 27.6 Å². The molecule has 0 spiro atoms. The van der Waals surface area contributed by atoms with E-state index in [1.54, 1.807) is 18.2 Å². The summed E-state index contributed by atoms with van der Waals surface area (Å²) in [5, 5.41) is 2.52. The van der Waals surface area contributed by atoms with Crippen LogP contribution in [-0.2, 0) is 11.0 Å².